The second kappa shape index (κ2) is 6.42. The number of nitrogens with one attached hydrogen (secondary N) is 1. The minimum atomic E-state index is 0. The van der Waals surface area contributed by atoms with Crippen molar-refractivity contribution in [2.75, 3.05) is 39.8 Å². The average molecular weight is 248 g/mol. The highest BCUT2D eigenvalue weighted by atomic mass is 35.5. The summed E-state index contributed by atoms with van der Waals surface area (Å²) in [5, 5.41) is 3.31. The standard InChI is InChI=1S/C11H21N3O.ClH/c1-12-10-4-6-13(9-10)7-8-14-5-2-3-11(14)15;/h10,12H,2-9H2,1H3;1H. The molecule has 1 amide bonds. The Morgan fingerprint density at radius 2 is 2.19 bits per heavy atom. The molecule has 2 saturated heterocycles. The van der Waals surface area contributed by atoms with Crippen molar-refractivity contribution >= 4 is 18.3 Å². The molecule has 2 rings (SSSR count). The normalized spacial score (nSPS) is 26.2. The number of hydrogen-bond donors (Lipinski definition) is 1. The van der Waals surface area contributed by atoms with Crippen molar-refractivity contribution in [3.8, 4) is 0 Å². The molecule has 1 N–H and O–H groups in total. The van der Waals surface area contributed by atoms with Crippen molar-refractivity contribution in [1.29, 1.82) is 0 Å². The third-order valence-electron chi connectivity index (χ3n) is 3.54. The van der Waals surface area contributed by atoms with E-state index in [0.717, 1.165) is 39.0 Å². The Morgan fingerprint density at radius 3 is 2.75 bits per heavy atom. The first-order chi connectivity index (χ1) is 7.29. The summed E-state index contributed by atoms with van der Waals surface area (Å²) >= 11 is 0. The summed E-state index contributed by atoms with van der Waals surface area (Å²) in [5.74, 6) is 0.347. The average Bonchev–Trinajstić information content (AvgIpc) is 2.84. The zero-order chi connectivity index (χ0) is 10.7. The Labute approximate surface area is 104 Å². The van der Waals surface area contributed by atoms with E-state index in [1.807, 2.05) is 11.9 Å². The molecule has 0 aliphatic carbocycles. The molecule has 2 aliphatic rings. The number of carbonyl (C=O) groups is 1. The van der Waals surface area contributed by atoms with Gasteiger partial charge in [-0.3, -0.25) is 9.69 Å². The first-order valence-corrected chi connectivity index (χ1v) is 5.97. The van der Waals surface area contributed by atoms with Crippen LogP contribution >= 0.6 is 12.4 Å². The number of carbonyl (C=O) groups excluding carboxylic acids is 1. The molecule has 0 bridgehead atoms. The quantitative estimate of drug-likeness (QED) is 0.778. The number of halogens is 1. The largest absolute Gasteiger partial charge is 0.341 e. The molecule has 0 saturated carbocycles. The SMILES string of the molecule is CNC1CCN(CCN2CCCC2=O)C1.Cl. The molecule has 0 aromatic carbocycles. The molecule has 1 atom stereocenters. The molecule has 16 heavy (non-hydrogen) atoms. The topological polar surface area (TPSA) is 35.6 Å². The zero-order valence-corrected chi connectivity index (χ0v) is 10.8. The Morgan fingerprint density at radius 1 is 1.38 bits per heavy atom. The highest BCUT2D eigenvalue weighted by molar-refractivity contribution is 5.85. The fourth-order valence-corrected chi connectivity index (χ4v) is 2.47. The first-order valence-electron chi connectivity index (χ1n) is 5.97. The fraction of sp³-hybridized carbons (Fsp3) is 0.909. The van der Waals surface area contributed by atoms with Gasteiger partial charge in [0.2, 0.25) is 5.91 Å². The highest BCUT2D eigenvalue weighted by Crippen LogP contribution is 2.11. The van der Waals surface area contributed by atoms with Crippen molar-refractivity contribution in [2.45, 2.75) is 25.3 Å². The molecular formula is C11H22ClN3O. The van der Waals surface area contributed by atoms with Gasteiger partial charge in [-0.1, -0.05) is 0 Å². The first kappa shape index (κ1) is 13.7. The summed E-state index contributed by atoms with van der Waals surface area (Å²) in [6.07, 6.45) is 3.06. The smallest absolute Gasteiger partial charge is 0.222 e. The second-order valence-corrected chi connectivity index (χ2v) is 4.56. The van der Waals surface area contributed by atoms with Crippen LogP contribution in [0.1, 0.15) is 19.3 Å². The van der Waals surface area contributed by atoms with Gasteiger partial charge in [-0.15, -0.1) is 12.4 Å². The molecule has 0 spiro atoms. The molecule has 1 unspecified atom stereocenters. The van der Waals surface area contributed by atoms with Gasteiger partial charge in [0.25, 0.3) is 0 Å². The monoisotopic (exact) mass is 247 g/mol. The van der Waals surface area contributed by atoms with E-state index in [-0.39, 0.29) is 12.4 Å². The lowest BCUT2D eigenvalue weighted by Crippen LogP contribution is -2.36. The summed E-state index contributed by atoms with van der Waals surface area (Å²) in [7, 11) is 2.03. The Balaban J connectivity index is 0.00000128. The molecule has 0 aromatic heterocycles. The van der Waals surface area contributed by atoms with Gasteiger partial charge in [0.15, 0.2) is 0 Å². The lowest BCUT2D eigenvalue weighted by atomic mass is 10.3. The maximum absolute atomic E-state index is 11.4. The van der Waals surface area contributed by atoms with Gasteiger partial charge in [0.05, 0.1) is 0 Å². The van der Waals surface area contributed by atoms with Gasteiger partial charge in [-0.2, -0.15) is 0 Å². The zero-order valence-electron chi connectivity index (χ0n) is 9.95. The number of hydrogen-bond acceptors (Lipinski definition) is 3. The predicted molar refractivity (Wildman–Crippen MR) is 67.0 cm³/mol. The van der Waals surface area contributed by atoms with Gasteiger partial charge < -0.3 is 10.2 Å². The molecule has 4 nitrogen and oxygen atoms in total. The van der Waals surface area contributed by atoms with Gasteiger partial charge in [0, 0.05) is 38.6 Å². The lowest BCUT2D eigenvalue weighted by Gasteiger charge is -2.21. The van der Waals surface area contributed by atoms with Crippen LogP contribution in [-0.2, 0) is 4.79 Å². The van der Waals surface area contributed by atoms with Crippen LogP contribution in [0.3, 0.4) is 0 Å². The van der Waals surface area contributed by atoms with Crippen molar-refractivity contribution < 1.29 is 4.79 Å². The molecule has 0 radical (unpaired) electrons. The van der Waals surface area contributed by atoms with Crippen LogP contribution in [0.4, 0.5) is 0 Å². The minimum absolute atomic E-state index is 0. The maximum atomic E-state index is 11.4. The molecule has 0 aromatic rings. The summed E-state index contributed by atoms with van der Waals surface area (Å²) in [4.78, 5) is 15.9. The third-order valence-corrected chi connectivity index (χ3v) is 3.54. The van der Waals surface area contributed by atoms with Crippen LogP contribution in [0.2, 0.25) is 0 Å². The van der Waals surface area contributed by atoms with E-state index in [4.69, 9.17) is 0 Å². The number of likely N-dealkylation sites (N-methyl/N-ethyl adjacent to an activating group) is 1. The van der Waals surface area contributed by atoms with E-state index in [1.54, 1.807) is 0 Å². The summed E-state index contributed by atoms with van der Waals surface area (Å²) in [6.45, 7) is 5.26. The van der Waals surface area contributed by atoms with E-state index in [9.17, 15) is 4.79 Å². The Bertz CT molecular complexity index is 237. The number of likely N-dealkylation sites (tertiary alicyclic amines) is 2. The van der Waals surface area contributed by atoms with Crippen LogP contribution in [0.25, 0.3) is 0 Å². The predicted octanol–water partition coefficient (Wildman–Crippen LogP) is 0.324. The van der Waals surface area contributed by atoms with E-state index >= 15 is 0 Å². The Kier molecular flexibility index (Phi) is 5.52. The second-order valence-electron chi connectivity index (χ2n) is 4.56. The number of rotatable bonds is 4. The Hall–Kier alpha value is -0.320. The van der Waals surface area contributed by atoms with E-state index < -0.39 is 0 Å². The van der Waals surface area contributed by atoms with E-state index in [2.05, 4.69) is 10.2 Å². The van der Waals surface area contributed by atoms with Crippen LogP contribution < -0.4 is 5.32 Å². The van der Waals surface area contributed by atoms with Crippen molar-refractivity contribution in [3.05, 3.63) is 0 Å². The lowest BCUT2D eigenvalue weighted by molar-refractivity contribution is -0.127. The highest BCUT2D eigenvalue weighted by Gasteiger charge is 2.23. The summed E-state index contributed by atoms with van der Waals surface area (Å²) < 4.78 is 0. The minimum Gasteiger partial charge on any atom is -0.341 e. The van der Waals surface area contributed by atoms with Crippen molar-refractivity contribution in [2.24, 2.45) is 0 Å². The van der Waals surface area contributed by atoms with Crippen molar-refractivity contribution in [1.82, 2.24) is 15.1 Å². The molecule has 2 heterocycles. The van der Waals surface area contributed by atoms with Gasteiger partial charge in [-0.05, 0) is 26.4 Å². The van der Waals surface area contributed by atoms with E-state index in [1.165, 1.54) is 13.0 Å². The summed E-state index contributed by atoms with van der Waals surface area (Å²) in [6, 6.07) is 0.652. The van der Waals surface area contributed by atoms with Crippen LogP contribution in [0.5, 0.6) is 0 Å². The summed E-state index contributed by atoms with van der Waals surface area (Å²) in [5.41, 5.74) is 0. The van der Waals surface area contributed by atoms with Gasteiger partial charge >= 0.3 is 0 Å². The van der Waals surface area contributed by atoms with Gasteiger partial charge in [0.1, 0.15) is 0 Å². The maximum Gasteiger partial charge on any atom is 0.222 e. The van der Waals surface area contributed by atoms with Crippen LogP contribution in [-0.4, -0.2) is 61.5 Å². The number of amides is 1. The van der Waals surface area contributed by atoms with Gasteiger partial charge in [-0.25, -0.2) is 0 Å². The van der Waals surface area contributed by atoms with Crippen LogP contribution in [0.15, 0.2) is 0 Å². The molecule has 94 valence electrons. The fourth-order valence-electron chi connectivity index (χ4n) is 2.47. The van der Waals surface area contributed by atoms with Crippen LogP contribution in [0, 0.1) is 0 Å². The van der Waals surface area contributed by atoms with E-state index in [0.29, 0.717) is 11.9 Å². The number of nitrogens with zero attached hydrogens (tertiary/aromatic N) is 2. The van der Waals surface area contributed by atoms with Crippen molar-refractivity contribution in [3.63, 3.8) is 0 Å². The molecule has 5 heteroatoms. The third kappa shape index (κ3) is 3.34. The molecule has 2 aliphatic heterocycles. The molecular weight excluding hydrogens is 226 g/mol. The molecule has 2 fully saturated rings.